The van der Waals surface area contributed by atoms with E-state index in [0.717, 1.165) is 25.7 Å². The third-order valence-corrected chi connectivity index (χ3v) is 4.01. The zero-order valence-corrected chi connectivity index (χ0v) is 10.4. The van der Waals surface area contributed by atoms with Crippen LogP contribution in [0.1, 0.15) is 25.7 Å². The highest BCUT2D eigenvalue weighted by Crippen LogP contribution is 2.40. The lowest BCUT2D eigenvalue weighted by Gasteiger charge is -2.38. The van der Waals surface area contributed by atoms with E-state index in [-0.39, 0.29) is 11.6 Å². The van der Waals surface area contributed by atoms with E-state index >= 15 is 0 Å². The number of rotatable bonds is 2. The predicted molar refractivity (Wildman–Crippen MR) is 67.9 cm³/mol. The average Bonchev–Trinajstić information content (AvgIpc) is 2.61. The van der Waals surface area contributed by atoms with Crippen LogP contribution in [0.15, 0.2) is 11.1 Å². The maximum Gasteiger partial charge on any atom is 0.295 e. The van der Waals surface area contributed by atoms with Crippen LogP contribution in [0.3, 0.4) is 0 Å². The van der Waals surface area contributed by atoms with Crippen LogP contribution in [0.2, 0.25) is 0 Å². The quantitative estimate of drug-likeness (QED) is 0.785. The smallest absolute Gasteiger partial charge is 0.295 e. The summed E-state index contributed by atoms with van der Waals surface area (Å²) < 4.78 is 5.20. The summed E-state index contributed by atoms with van der Waals surface area (Å²) in [6, 6.07) is 1.05. The zero-order chi connectivity index (χ0) is 12.7. The van der Waals surface area contributed by atoms with Crippen molar-refractivity contribution in [3.63, 3.8) is 0 Å². The van der Waals surface area contributed by atoms with Crippen LogP contribution in [0.25, 0.3) is 0 Å². The maximum absolute atomic E-state index is 11.7. The number of nitrogens with one attached hydrogen (secondary N) is 1. The first-order valence-corrected chi connectivity index (χ1v) is 6.36. The Kier molecular flexibility index (Phi) is 2.74. The molecule has 0 spiro atoms. The molecule has 2 bridgehead atoms. The fourth-order valence-electron chi connectivity index (χ4n) is 3.31. The number of hydrogen-bond acceptors (Lipinski definition) is 5. The summed E-state index contributed by atoms with van der Waals surface area (Å²) in [5.74, 6) is 0.977. The molecule has 6 nitrogen and oxygen atoms in total. The molecule has 2 atom stereocenters. The second-order valence-corrected chi connectivity index (χ2v) is 5.11. The molecule has 1 aromatic heterocycles. The number of methoxy groups -OCH3 is 1. The number of aromatic amines is 1. The third-order valence-electron chi connectivity index (χ3n) is 4.01. The van der Waals surface area contributed by atoms with Gasteiger partial charge < -0.3 is 20.4 Å². The van der Waals surface area contributed by atoms with E-state index in [0.29, 0.717) is 23.7 Å². The standard InChI is InChI=1S/C12H18N4O2/c1-18-10-11(14-6-15-12(10)17)16-8-2-3-9(16)5-7(13)4-8/h6-9H,2-5,13H2,1H3,(H,14,15,17). The number of anilines is 1. The fourth-order valence-corrected chi connectivity index (χ4v) is 3.31. The molecule has 0 aromatic carbocycles. The van der Waals surface area contributed by atoms with Gasteiger partial charge in [-0.15, -0.1) is 0 Å². The first kappa shape index (κ1) is 11.5. The topological polar surface area (TPSA) is 84.2 Å². The zero-order valence-electron chi connectivity index (χ0n) is 10.4. The van der Waals surface area contributed by atoms with Crippen LogP contribution in [0, 0.1) is 0 Å². The number of H-pyrrole nitrogens is 1. The van der Waals surface area contributed by atoms with E-state index in [1.54, 1.807) is 0 Å². The highest BCUT2D eigenvalue weighted by Gasteiger charge is 2.41. The molecular weight excluding hydrogens is 232 g/mol. The molecule has 2 unspecified atom stereocenters. The minimum absolute atomic E-state index is 0.225. The van der Waals surface area contributed by atoms with Crippen molar-refractivity contribution in [2.75, 3.05) is 12.0 Å². The Hall–Kier alpha value is -1.56. The number of nitrogens with two attached hydrogens (primary N) is 1. The lowest BCUT2D eigenvalue weighted by atomic mass is 9.98. The number of hydrogen-bond donors (Lipinski definition) is 2. The second-order valence-electron chi connectivity index (χ2n) is 5.11. The first-order chi connectivity index (χ1) is 8.70. The average molecular weight is 250 g/mol. The molecule has 2 aliphatic rings. The van der Waals surface area contributed by atoms with Gasteiger partial charge in [-0.05, 0) is 25.7 Å². The number of piperidine rings is 1. The predicted octanol–water partition coefficient (Wildman–Crippen LogP) is 0.237. The van der Waals surface area contributed by atoms with Crippen molar-refractivity contribution in [3.05, 3.63) is 16.7 Å². The molecule has 6 heteroatoms. The molecule has 0 radical (unpaired) electrons. The van der Waals surface area contributed by atoms with Crippen molar-refractivity contribution >= 4 is 5.82 Å². The van der Waals surface area contributed by atoms with Crippen molar-refractivity contribution in [3.8, 4) is 5.75 Å². The van der Waals surface area contributed by atoms with E-state index in [2.05, 4.69) is 14.9 Å². The Balaban J connectivity index is 2.01. The normalized spacial score (nSPS) is 30.6. The molecule has 3 rings (SSSR count). The molecule has 2 saturated heterocycles. The molecule has 3 heterocycles. The summed E-state index contributed by atoms with van der Waals surface area (Å²) in [6.45, 7) is 0. The largest absolute Gasteiger partial charge is 0.489 e. The number of ether oxygens (including phenoxy) is 1. The molecule has 0 saturated carbocycles. The summed E-state index contributed by atoms with van der Waals surface area (Å²) in [7, 11) is 1.51. The van der Waals surface area contributed by atoms with Gasteiger partial charge in [0.1, 0.15) is 0 Å². The van der Waals surface area contributed by atoms with Gasteiger partial charge in [0, 0.05) is 18.1 Å². The molecular formula is C12H18N4O2. The van der Waals surface area contributed by atoms with Crippen molar-refractivity contribution in [2.24, 2.45) is 5.73 Å². The van der Waals surface area contributed by atoms with Crippen LogP contribution in [-0.2, 0) is 0 Å². The van der Waals surface area contributed by atoms with E-state index in [1.807, 2.05) is 0 Å². The van der Waals surface area contributed by atoms with Gasteiger partial charge >= 0.3 is 0 Å². The first-order valence-electron chi connectivity index (χ1n) is 6.36. The van der Waals surface area contributed by atoms with Crippen LogP contribution < -0.4 is 20.9 Å². The molecule has 0 amide bonds. The van der Waals surface area contributed by atoms with E-state index in [1.165, 1.54) is 13.4 Å². The van der Waals surface area contributed by atoms with Gasteiger partial charge in [-0.3, -0.25) is 4.79 Å². The lowest BCUT2D eigenvalue weighted by molar-refractivity contribution is 0.383. The van der Waals surface area contributed by atoms with Gasteiger partial charge in [-0.1, -0.05) is 0 Å². The number of aromatic nitrogens is 2. The molecule has 0 aliphatic carbocycles. The highest BCUT2D eigenvalue weighted by molar-refractivity contribution is 5.54. The van der Waals surface area contributed by atoms with Gasteiger partial charge in [0.05, 0.1) is 13.4 Å². The highest BCUT2D eigenvalue weighted by atomic mass is 16.5. The van der Waals surface area contributed by atoms with Gasteiger partial charge in [0.15, 0.2) is 5.82 Å². The van der Waals surface area contributed by atoms with E-state index in [4.69, 9.17) is 10.5 Å². The molecule has 18 heavy (non-hydrogen) atoms. The Bertz CT molecular complexity index is 487. The second kappa shape index (κ2) is 4.28. The molecule has 98 valence electrons. The summed E-state index contributed by atoms with van der Waals surface area (Å²) >= 11 is 0. The Morgan fingerprint density at radius 1 is 1.44 bits per heavy atom. The van der Waals surface area contributed by atoms with Crippen LogP contribution in [-0.4, -0.2) is 35.2 Å². The van der Waals surface area contributed by atoms with Crippen LogP contribution >= 0.6 is 0 Å². The van der Waals surface area contributed by atoms with Crippen molar-refractivity contribution in [2.45, 2.75) is 43.8 Å². The lowest BCUT2D eigenvalue weighted by Crippen LogP contribution is -2.48. The van der Waals surface area contributed by atoms with E-state index in [9.17, 15) is 4.79 Å². The van der Waals surface area contributed by atoms with Crippen LogP contribution in [0.5, 0.6) is 5.75 Å². The van der Waals surface area contributed by atoms with Gasteiger partial charge in [0.2, 0.25) is 5.75 Å². The van der Waals surface area contributed by atoms with Crippen LogP contribution in [0.4, 0.5) is 5.82 Å². The van der Waals surface area contributed by atoms with Crippen molar-refractivity contribution < 1.29 is 4.74 Å². The molecule has 1 aromatic rings. The minimum atomic E-state index is -0.225. The summed E-state index contributed by atoms with van der Waals surface area (Å²) in [4.78, 5) is 20.8. The van der Waals surface area contributed by atoms with Gasteiger partial charge in [-0.25, -0.2) is 4.98 Å². The van der Waals surface area contributed by atoms with Crippen molar-refractivity contribution in [1.29, 1.82) is 0 Å². The Morgan fingerprint density at radius 2 is 2.11 bits per heavy atom. The monoisotopic (exact) mass is 250 g/mol. The van der Waals surface area contributed by atoms with Gasteiger partial charge in [-0.2, -0.15) is 0 Å². The number of fused-ring (bicyclic) bond motifs is 2. The third kappa shape index (κ3) is 1.68. The number of nitrogens with zero attached hydrogens (tertiary/aromatic N) is 2. The van der Waals surface area contributed by atoms with E-state index < -0.39 is 0 Å². The fraction of sp³-hybridized carbons (Fsp3) is 0.667. The molecule has 2 aliphatic heterocycles. The SMILES string of the molecule is COc1c(N2C3CCC2CC(N)C3)nc[nH]c1=O. The Labute approximate surface area is 105 Å². The summed E-state index contributed by atoms with van der Waals surface area (Å²) in [5, 5.41) is 0. The molecule has 2 fully saturated rings. The van der Waals surface area contributed by atoms with Gasteiger partial charge in [0.25, 0.3) is 5.56 Å². The summed E-state index contributed by atoms with van der Waals surface area (Å²) in [6.07, 6.45) is 5.61. The Morgan fingerprint density at radius 3 is 2.72 bits per heavy atom. The minimum Gasteiger partial charge on any atom is -0.489 e. The molecule has 3 N–H and O–H groups in total. The summed E-state index contributed by atoms with van der Waals surface area (Å²) in [5.41, 5.74) is 5.82. The maximum atomic E-state index is 11.7. The van der Waals surface area contributed by atoms with Crippen molar-refractivity contribution in [1.82, 2.24) is 9.97 Å².